The second kappa shape index (κ2) is 15.5. The Kier molecular flexibility index (Phi) is 10.4. The zero-order chi connectivity index (χ0) is 41.8. The van der Waals surface area contributed by atoms with Crippen molar-refractivity contribution in [2.45, 2.75) is 88.0 Å². The molecule has 314 valence electrons. The third-order valence-corrected chi connectivity index (χ3v) is 12.5. The summed E-state index contributed by atoms with van der Waals surface area (Å²) in [6, 6.07) is 24.1. The van der Waals surface area contributed by atoms with Crippen LogP contribution in [-0.4, -0.2) is 114 Å². The number of aliphatic hydroxyl groups is 1. The Morgan fingerprint density at radius 2 is 1.65 bits per heavy atom. The van der Waals surface area contributed by atoms with E-state index in [1.807, 2.05) is 72.8 Å². The van der Waals surface area contributed by atoms with Crippen LogP contribution in [0.1, 0.15) is 55.4 Å². The van der Waals surface area contributed by atoms with E-state index in [1.54, 1.807) is 37.0 Å². The summed E-state index contributed by atoms with van der Waals surface area (Å²) in [6.45, 7) is 3.83. The van der Waals surface area contributed by atoms with E-state index in [1.165, 1.54) is 11.1 Å². The van der Waals surface area contributed by atoms with E-state index in [0.717, 1.165) is 0 Å². The lowest BCUT2D eigenvalue weighted by Crippen LogP contribution is -2.70. The minimum atomic E-state index is -1.54. The van der Waals surface area contributed by atoms with Gasteiger partial charge in [-0.2, -0.15) is 5.06 Å². The molecule has 0 radical (unpaired) electrons. The second-order valence-electron chi connectivity index (χ2n) is 16.9. The molecule has 5 heterocycles. The molecular weight excluding hydrogens is 775 g/mol. The third kappa shape index (κ3) is 6.68. The van der Waals surface area contributed by atoms with Crippen molar-refractivity contribution in [3.8, 4) is 0 Å². The molecule has 5 aliphatic heterocycles. The van der Waals surface area contributed by atoms with Gasteiger partial charge in [-0.1, -0.05) is 98.8 Å². The van der Waals surface area contributed by atoms with Gasteiger partial charge in [0.1, 0.15) is 42.5 Å². The summed E-state index contributed by atoms with van der Waals surface area (Å²) in [5.41, 5.74) is 0.535. The van der Waals surface area contributed by atoms with Crippen molar-refractivity contribution in [2.24, 2.45) is 10.8 Å². The number of hydroxylamine groups is 2. The number of benzene rings is 3. The number of fused-ring (bicyclic) bond motifs is 4. The topological polar surface area (TPSA) is 179 Å². The number of nitrogens with one attached hydrogen (secondary N) is 1. The minimum Gasteiger partial charge on any atom is -0.462 e. The van der Waals surface area contributed by atoms with E-state index in [2.05, 4.69) is 5.32 Å². The van der Waals surface area contributed by atoms with Crippen molar-refractivity contribution in [3.05, 3.63) is 113 Å². The Labute approximate surface area is 346 Å². The zero-order valence-corrected chi connectivity index (χ0v) is 33.3. The fourth-order valence-electron chi connectivity index (χ4n) is 9.75. The molecule has 6 aliphatic rings. The summed E-state index contributed by atoms with van der Waals surface area (Å²) in [7, 11) is 0. The maximum Gasteiger partial charge on any atom is 0.348 e. The number of ether oxygens (including phenoxy) is 5. The van der Waals surface area contributed by atoms with Crippen LogP contribution in [0.3, 0.4) is 0 Å². The van der Waals surface area contributed by atoms with Crippen molar-refractivity contribution in [3.63, 3.8) is 0 Å². The highest BCUT2D eigenvalue weighted by Gasteiger charge is 2.77. The average Bonchev–Trinajstić information content (AvgIpc) is 4.04. The number of carbonyl (C=O) groups is 5. The molecule has 6 fully saturated rings. The van der Waals surface area contributed by atoms with Gasteiger partial charge in [-0.25, -0.2) is 9.59 Å². The molecule has 60 heavy (non-hydrogen) atoms. The number of amides is 2. The number of rotatable bonds is 11. The number of esters is 3. The molecule has 15 nitrogen and oxygen atoms in total. The van der Waals surface area contributed by atoms with E-state index >= 15 is 4.79 Å². The van der Waals surface area contributed by atoms with Gasteiger partial charge in [0.25, 0.3) is 0 Å². The lowest BCUT2D eigenvalue weighted by molar-refractivity contribution is -0.214. The fourth-order valence-corrected chi connectivity index (χ4v) is 9.75. The SMILES string of the molecule is CC1(C)COC(=O)[C@@H]1OC(=O)C=Cc1cccc(CN2O[C@@H]3[C@H]4OC(c5ccccc5)(c5ccccc5)O[C@H]4[C@H]4C[C@]3(C(=O)N3CCC[C@@H]3C(=O)NCCO)[C@@H]2C(=O)O4)c1. The molecule has 3 aromatic carbocycles. The number of likely N-dealkylation sites (tertiary alicyclic amines) is 1. The minimum absolute atomic E-state index is 0.0331. The van der Waals surface area contributed by atoms with Gasteiger partial charge < -0.3 is 39.0 Å². The van der Waals surface area contributed by atoms with Crippen LogP contribution in [0.15, 0.2) is 91.0 Å². The van der Waals surface area contributed by atoms with Crippen LogP contribution in [0.25, 0.3) is 6.08 Å². The first-order chi connectivity index (χ1) is 28.9. The van der Waals surface area contributed by atoms with Crippen LogP contribution in [-0.2, 0) is 64.8 Å². The molecule has 15 heteroatoms. The van der Waals surface area contributed by atoms with Gasteiger partial charge >= 0.3 is 17.9 Å². The second-order valence-corrected chi connectivity index (χ2v) is 16.9. The highest BCUT2D eigenvalue weighted by atomic mass is 16.8. The van der Waals surface area contributed by atoms with Crippen LogP contribution < -0.4 is 5.32 Å². The van der Waals surface area contributed by atoms with E-state index < -0.39 is 83.0 Å². The van der Waals surface area contributed by atoms with Crippen LogP contribution in [0.5, 0.6) is 0 Å². The highest BCUT2D eigenvalue weighted by Crippen LogP contribution is 2.60. The Balaban J connectivity index is 1.06. The smallest absolute Gasteiger partial charge is 0.348 e. The van der Waals surface area contributed by atoms with Crippen molar-refractivity contribution in [2.75, 3.05) is 26.3 Å². The first-order valence-electron chi connectivity index (χ1n) is 20.4. The molecule has 1 aliphatic carbocycles. The predicted octanol–water partition coefficient (Wildman–Crippen LogP) is 2.78. The van der Waals surface area contributed by atoms with Gasteiger partial charge in [0.15, 0.2) is 6.04 Å². The summed E-state index contributed by atoms with van der Waals surface area (Å²) in [5.74, 6) is -4.18. The maximum absolute atomic E-state index is 15.4. The Bertz CT molecular complexity index is 2160. The first kappa shape index (κ1) is 40.0. The van der Waals surface area contributed by atoms with E-state index in [0.29, 0.717) is 35.1 Å². The van der Waals surface area contributed by atoms with Crippen LogP contribution in [0.4, 0.5) is 0 Å². The molecule has 0 unspecified atom stereocenters. The number of hydrogen-bond acceptors (Lipinski definition) is 13. The Hall–Kier alpha value is -5.45. The van der Waals surface area contributed by atoms with Gasteiger partial charge in [0.2, 0.25) is 23.7 Å². The maximum atomic E-state index is 15.4. The van der Waals surface area contributed by atoms with Crippen molar-refractivity contribution in [1.82, 2.24) is 15.3 Å². The highest BCUT2D eigenvalue weighted by molar-refractivity contribution is 5.96. The van der Waals surface area contributed by atoms with Crippen LogP contribution in [0, 0.1) is 10.8 Å². The fraction of sp³-hybridized carbons (Fsp3) is 0.444. The van der Waals surface area contributed by atoms with Gasteiger partial charge in [-0.15, -0.1) is 0 Å². The van der Waals surface area contributed by atoms with Crippen LogP contribution >= 0.6 is 0 Å². The van der Waals surface area contributed by atoms with E-state index in [-0.39, 0.29) is 45.2 Å². The molecule has 2 bridgehead atoms. The van der Waals surface area contributed by atoms with Gasteiger partial charge in [-0.3, -0.25) is 19.2 Å². The van der Waals surface area contributed by atoms with E-state index in [9.17, 15) is 24.3 Å². The first-order valence-corrected chi connectivity index (χ1v) is 20.4. The quantitative estimate of drug-likeness (QED) is 0.164. The van der Waals surface area contributed by atoms with Gasteiger partial charge in [0.05, 0.1) is 13.2 Å². The molecule has 0 aromatic heterocycles. The van der Waals surface area contributed by atoms with Crippen molar-refractivity contribution < 1.29 is 57.6 Å². The monoisotopic (exact) mass is 821 g/mol. The normalized spacial score (nSPS) is 31.1. The number of hydrogen-bond donors (Lipinski definition) is 2. The lowest BCUT2D eigenvalue weighted by Gasteiger charge is -2.50. The third-order valence-electron chi connectivity index (χ3n) is 12.5. The Morgan fingerprint density at radius 3 is 2.33 bits per heavy atom. The summed E-state index contributed by atoms with van der Waals surface area (Å²) in [5, 5.41) is 13.6. The largest absolute Gasteiger partial charge is 0.462 e. The average molecular weight is 822 g/mol. The number of cyclic esters (lactones) is 1. The van der Waals surface area contributed by atoms with Gasteiger partial charge in [0, 0.05) is 42.1 Å². The molecular formula is C45H47N3O12. The summed E-state index contributed by atoms with van der Waals surface area (Å²) in [4.78, 5) is 76.7. The Morgan fingerprint density at radius 1 is 0.933 bits per heavy atom. The molecule has 0 spiro atoms. The number of nitrogens with zero attached hydrogens (tertiary/aromatic N) is 2. The van der Waals surface area contributed by atoms with E-state index in [4.69, 9.17) is 28.5 Å². The summed E-state index contributed by atoms with van der Waals surface area (Å²) < 4.78 is 30.8. The van der Waals surface area contributed by atoms with Gasteiger partial charge in [-0.05, 0) is 30.0 Å². The molecule has 1 saturated carbocycles. The molecule has 8 atom stereocenters. The standard InChI is InChI=1S/C45H47N3O12/c1-43(2)26-55-41(53)38(43)57-33(50)19-18-27-11-9-12-28(23-27)25-48-36-40(52)56-32-24-44(36,42(54)47-21-10-17-31(47)39(51)46-20-22-49)37(60-48)35-34(32)58-45(59-35,29-13-5-3-6-14-29)30-15-7-4-8-16-30/h3-9,11-16,18-19,23,31-32,34-38,49H,10,17,20-22,24-26H2,1-2H3,(H,46,51)/t31-,32-,34+,35+,36+,37-,38+,44+/m1/s1. The number of aliphatic hydroxyl groups excluding tert-OH is 1. The molecule has 5 saturated heterocycles. The number of carbonyl (C=O) groups excluding carboxylic acids is 5. The lowest BCUT2D eigenvalue weighted by atomic mass is 9.62. The molecule has 3 aromatic rings. The summed E-state index contributed by atoms with van der Waals surface area (Å²) in [6.07, 6.45) is -0.827. The predicted molar refractivity (Wildman–Crippen MR) is 209 cm³/mol. The molecule has 9 rings (SSSR count). The van der Waals surface area contributed by atoms with Crippen molar-refractivity contribution >= 4 is 35.8 Å². The van der Waals surface area contributed by atoms with Crippen molar-refractivity contribution in [1.29, 1.82) is 0 Å². The zero-order valence-electron chi connectivity index (χ0n) is 33.3. The molecule has 2 amide bonds. The summed E-state index contributed by atoms with van der Waals surface area (Å²) >= 11 is 0. The van der Waals surface area contributed by atoms with Crippen LogP contribution in [0.2, 0.25) is 0 Å². The molecule has 2 N–H and O–H groups in total.